The van der Waals surface area contributed by atoms with Gasteiger partial charge in [-0.3, -0.25) is 4.79 Å². The number of nitrogens with one attached hydrogen (secondary N) is 1. The second kappa shape index (κ2) is 9.13. The molecule has 0 aromatic heterocycles. The number of benzene rings is 1. The van der Waals surface area contributed by atoms with Gasteiger partial charge in [0.2, 0.25) is 5.91 Å². The Morgan fingerprint density at radius 3 is 2.68 bits per heavy atom. The Kier molecular flexibility index (Phi) is 7.16. The first-order chi connectivity index (χ1) is 10.6. The molecule has 1 aromatic rings. The molecular weight excluding hydrogens is 302 g/mol. The van der Waals surface area contributed by atoms with Crippen molar-refractivity contribution in [2.75, 3.05) is 13.2 Å². The standard InChI is InChI=1S/C17H24ClNO3/c18-14-8-6-13(7-9-14)16(20)12-17(21)19-10-3-11-22-15-4-1-2-5-15/h6-9,15-16,20H,1-5,10-12H2,(H,19,21). The smallest absolute Gasteiger partial charge is 0.222 e. The van der Waals surface area contributed by atoms with Gasteiger partial charge in [-0.2, -0.15) is 0 Å². The van der Waals surface area contributed by atoms with Gasteiger partial charge in [0.1, 0.15) is 0 Å². The van der Waals surface area contributed by atoms with Crippen LogP contribution in [-0.2, 0) is 9.53 Å². The monoisotopic (exact) mass is 325 g/mol. The number of carbonyl (C=O) groups is 1. The van der Waals surface area contributed by atoms with Crippen LogP contribution in [0.4, 0.5) is 0 Å². The molecule has 1 fully saturated rings. The van der Waals surface area contributed by atoms with E-state index in [9.17, 15) is 9.90 Å². The number of carbonyl (C=O) groups excluding carboxylic acids is 1. The van der Waals surface area contributed by atoms with Crippen LogP contribution in [0.2, 0.25) is 5.02 Å². The number of hydrogen-bond donors (Lipinski definition) is 2. The van der Waals surface area contributed by atoms with Gasteiger partial charge in [-0.05, 0) is 37.0 Å². The average molecular weight is 326 g/mol. The summed E-state index contributed by atoms with van der Waals surface area (Å²) >= 11 is 5.79. The average Bonchev–Trinajstić information content (AvgIpc) is 3.00. The molecule has 4 nitrogen and oxygen atoms in total. The van der Waals surface area contributed by atoms with Gasteiger partial charge in [-0.25, -0.2) is 0 Å². The topological polar surface area (TPSA) is 58.6 Å². The first kappa shape index (κ1) is 17.3. The van der Waals surface area contributed by atoms with Crippen molar-refractivity contribution in [3.8, 4) is 0 Å². The van der Waals surface area contributed by atoms with Crippen molar-refractivity contribution in [2.24, 2.45) is 0 Å². The maximum Gasteiger partial charge on any atom is 0.222 e. The van der Waals surface area contributed by atoms with Gasteiger partial charge in [0.15, 0.2) is 0 Å². The molecule has 5 heteroatoms. The molecule has 1 atom stereocenters. The first-order valence-electron chi connectivity index (χ1n) is 7.97. The number of aliphatic hydroxyl groups is 1. The van der Waals surface area contributed by atoms with Crippen molar-refractivity contribution < 1.29 is 14.6 Å². The highest BCUT2D eigenvalue weighted by molar-refractivity contribution is 6.30. The van der Waals surface area contributed by atoms with Gasteiger partial charge >= 0.3 is 0 Å². The van der Waals surface area contributed by atoms with Crippen molar-refractivity contribution in [1.82, 2.24) is 5.32 Å². The Balaban J connectivity index is 1.57. The zero-order valence-electron chi connectivity index (χ0n) is 12.8. The largest absolute Gasteiger partial charge is 0.388 e. The van der Waals surface area contributed by atoms with E-state index in [1.165, 1.54) is 25.7 Å². The molecule has 0 heterocycles. The highest BCUT2D eigenvalue weighted by Gasteiger charge is 2.15. The molecule has 1 aliphatic rings. The van der Waals surface area contributed by atoms with E-state index in [1.807, 2.05) is 0 Å². The van der Waals surface area contributed by atoms with Crippen LogP contribution in [0, 0.1) is 0 Å². The third-order valence-electron chi connectivity index (χ3n) is 3.93. The van der Waals surface area contributed by atoms with E-state index in [4.69, 9.17) is 16.3 Å². The lowest BCUT2D eigenvalue weighted by Crippen LogP contribution is -2.27. The number of hydrogen-bond acceptors (Lipinski definition) is 3. The van der Waals surface area contributed by atoms with Crippen LogP contribution in [0.1, 0.15) is 50.2 Å². The van der Waals surface area contributed by atoms with Crippen LogP contribution in [0.25, 0.3) is 0 Å². The third kappa shape index (κ3) is 5.95. The van der Waals surface area contributed by atoms with Crippen molar-refractivity contribution in [3.63, 3.8) is 0 Å². The lowest BCUT2D eigenvalue weighted by Gasteiger charge is -2.13. The molecule has 2 N–H and O–H groups in total. The number of ether oxygens (including phenoxy) is 1. The molecule has 0 saturated heterocycles. The maximum absolute atomic E-state index is 11.8. The summed E-state index contributed by atoms with van der Waals surface area (Å²) < 4.78 is 5.73. The molecule has 2 rings (SSSR count). The summed E-state index contributed by atoms with van der Waals surface area (Å²) in [5.74, 6) is -0.150. The summed E-state index contributed by atoms with van der Waals surface area (Å²) in [6, 6.07) is 6.88. The summed E-state index contributed by atoms with van der Waals surface area (Å²) in [6.45, 7) is 1.27. The molecular formula is C17H24ClNO3. The van der Waals surface area contributed by atoms with Crippen molar-refractivity contribution in [3.05, 3.63) is 34.9 Å². The minimum Gasteiger partial charge on any atom is -0.388 e. The predicted molar refractivity (Wildman–Crippen MR) is 86.9 cm³/mol. The van der Waals surface area contributed by atoms with E-state index in [0.717, 1.165) is 6.42 Å². The SMILES string of the molecule is O=C(CC(O)c1ccc(Cl)cc1)NCCCOC1CCCC1. The lowest BCUT2D eigenvalue weighted by molar-refractivity contribution is -0.123. The molecule has 22 heavy (non-hydrogen) atoms. The van der Waals surface area contributed by atoms with Crippen LogP contribution in [0.5, 0.6) is 0 Å². The van der Waals surface area contributed by atoms with Gasteiger partial charge in [-0.15, -0.1) is 0 Å². The maximum atomic E-state index is 11.8. The molecule has 0 aliphatic heterocycles. The quantitative estimate of drug-likeness (QED) is 0.721. The van der Waals surface area contributed by atoms with E-state index < -0.39 is 6.10 Å². The van der Waals surface area contributed by atoms with Gasteiger partial charge in [-0.1, -0.05) is 36.6 Å². The Hall–Kier alpha value is -1.10. The van der Waals surface area contributed by atoms with E-state index >= 15 is 0 Å². The second-order valence-electron chi connectivity index (χ2n) is 5.75. The Bertz CT molecular complexity index is 457. The van der Waals surface area contributed by atoms with Crippen LogP contribution in [0.15, 0.2) is 24.3 Å². The number of rotatable bonds is 8. The zero-order valence-corrected chi connectivity index (χ0v) is 13.5. The number of amides is 1. The van der Waals surface area contributed by atoms with Crippen LogP contribution in [-0.4, -0.2) is 30.3 Å². The number of halogens is 1. The third-order valence-corrected chi connectivity index (χ3v) is 4.18. The second-order valence-corrected chi connectivity index (χ2v) is 6.19. The molecule has 1 amide bonds. The first-order valence-corrected chi connectivity index (χ1v) is 8.35. The molecule has 1 aromatic carbocycles. The fraction of sp³-hybridized carbons (Fsp3) is 0.588. The highest BCUT2D eigenvalue weighted by Crippen LogP contribution is 2.21. The van der Waals surface area contributed by atoms with Gasteiger partial charge in [0, 0.05) is 18.2 Å². The van der Waals surface area contributed by atoms with Gasteiger partial charge < -0.3 is 15.2 Å². The minimum absolute atomic E-state index is 0.0606. The lowest BCUT2D eigenvalue weighted by atomic mass is 10.1. The highest BCUT2D eigenvalue weighted by atomic mass is 35.5. The minimum atomic E-state index is -0.799. The summed E-state index contributed by atoms with van der Waals surface area (Å²) in [6.07, 6.45) is 5.35. The number of aliphatic hydroxyl groups excluding tert-OH is 1. The van der Waals surface area contributed by atoms with Crippen molar-refractivity contribution in [2.45, 2.75) is 50.7 Å². The van der Waals surface area contributed by atoms with E-state index in [0.29, 0.717) is 29.8 Å². The Morgan fingerprint density at radius 2 is 2.00 bits per heavy atom. The summed E-state index contributed by atoms with van der Waals surface area (Å²) in [5, 5.41) is 13.4. The predicted octanol–water partition coefficient (Wildman–Crippen LogP) is 3.23. The van der Waals surface area contributed by atoms with Crippen LogP contribution < -0.4 is 5.32 Å². The van der Waals surface area contributed by atoms with Gasteiger partial charge in [0.25, 0.3) is 0 Å². The Labute approximate surface area is 136 Å². The fourth-order valence-electron chi connectivity index (χ4n) is 2.66. The molecule has 0 radical (unpaired) electrons. The molecule has 1 aliphatic carbocycles. The van der Waals surface area contributed by atoms with Crippen molar-refractivity contribution >= 4 is 17.5 Å². The van der Waals surface area contributed by atoms with Crippen LogP contribution in [0.3, 0.4) is 0 Å². The molecule has 122 valence electrons. The molecule has 1 unspecified atom stereocenters. The summed E-state index contributed by atoms with van der Waals surface area (Å²) in [7, 11) is 0. The zero-order chi connectivity index (χ0) is 15.8. The molecule has 0 spiro atoms. The van der Waals surface area contributed by atoms with E-state index in [-0.39, 0.29) is 12.3 Å². The molecule has 1 saturated carbocycles. The molecule has 0 bridgehead atoms. The van der Waals surface area contributed by atoms with E-state index in [1.54, 1.807) is 24.3 Å². The summed E-state index contributed by atoms with van der Waals surface area (Å²) in [5.41, 5.74) is 0.698. The van der Waals surface area contributed by atoms with E-state index in [2.05, 4.69) is 5.32 Å². The Morgan fingerprint density at radius 1 is 1.32 bits per heavy atom. The fourth-order valence-corrected chi connectivity index (χ4v) is 2.78. The van der Waals surface area contributed by atoms with Gasteiger partial charge in [0.05, 0.1) is 18.6 Å². The summed E-state index contributed by atoms with van der Waals surface area (Å²) in [4.78, 5) is 11.8. The normalized spacial score (nSPS) is 16.6. The van der Waals surface area contributed by atoms with Crippen LogP contribution >= 0.6 is 11.6 Å². The van der Waals surface area contributed by atoms with Crippen molar-refractivity contribution in [1.29, 1.82) is 0 Å².